The molecule has 4 rings (SSSR count). The Morgan fingerprint density at radius 1 is 1.14 bits per heavy atom. The summed E-state index contributed by atoms with van der Waals surface area (Å²) in [6.07, 6.45) is 3.25. The van der Waals surface area contributed by atoms with E-state index >= 15 is 0 Å². The van der Waals surface area contributed by atoms with E-state index in [1.807, 2.05) is 30.9 Å². The maximum absolute atomic E-state index is 13.0. The Hall–Kier alpha value is -2.67. The number of methoxy groups -OCH3 is 1. The molecule has 1 aromatic heterocycles. The molecular formula is C22H29N5O2. The lowest BCUT2D eigenvalue weighted by Gasteiger charge is -2.27. The van der Waals surface area contributed by atoms with Crippen LogP contribution in [0.3, 0.4) is 0 Å². The molecule has 3 atom stereocenters. The lowest BCUT2D eigenvalue weighted by Crippen LogP contribution is -2.33. The van der Waals surface area contributed by atoms with Gasteiger partial charge in [-0.1, -0.05) is 12.1 Å². The zero-order valence-corrected chi connectivity index (χ0v) is 17.5. The van der Waals surface area contributed by atoms with Crippen molar-refractivity contribution in [3.05, 3.63) is 47.8 Å². The van der Waals surface area contributed by atoms with E-state index in [9.17, 15) is 4.79 Å². The van der Waals surface area contributed by atoms with Crippen molar-refractivity contribution < 1.29 is 9.53 Å². The van der Waals surface area contributed by atoms with Gasteiger partial charge in [0.05, 0.1) is 12.7 Å². The van der Waals surface area contributed by atoms with Gasteiger partial charge in [-0.25, -0.2) is 9.97 Å². The van der Waals surface area contributed by atoms with Gasteiger partial charge in [0, 0.05) is 50.0 Å². The first-order valence-corrected chi connectivity index (χ1v) is 10.2. The predicted octanol–water partition coefficient (Wildman–Crippen LogP) is 2.68. The van der Waals surface area contributed by atoms with Crippen LogP contribution in [-0.4, -0.2) is 65.5 Å². The lowest BCUT2D eigenvalue weighted by molar-refractivity contribution is 0.0767. The number of amides is 1. The van der Waals surface area contributed by atoms with Crippen molar-refractivity contribution in [2.45, 2.75) is 25.9 Å². The van der Waals surface area contributed by atoms with Gasteiger partial charge in [-0.3, -0.25) is 9.69 Å². The highest BCUT2D eigenvalue weighted by molar-refractivity contribution is 5.94. The summed E-state index contributed by atoms with van der Waals surface area (Å²) in [5.41, 5.74) is 1.83. The molecule has 2 saturated heterocycles. The van der Waals surface area contributed by atoms with Gasteiger partial charge in [0.25, 0.3) is 5.91 Å². The van der Waals surface area contributed by atoms with Crippen LogP contribution in [0.5, 0.6) is 5.75 Å². The third kappa shape index (κ3) is 3.92. The first-order valence-electron chi connectivity index (χ1n) is 10.2. The number of nitrogens with one attached hydrogen (secondary N) is 1. The highest BCUT2D eigenvalue weighted by Gasteiger charge is 2.47. The largest absolute Gasteiger partial charge is 0.497 e. The summed E-state index contributed by atoms with van der Waals surface area (Å²) in [6, 6.07) is 8.87. The molecule has 2 aromatic rings. The van der Waals surface area contributed by atoms with E-state index in [2.05, 4.69) is 39.4 Å². The molecule has 1 N–H and O–H groups in total. The molecule has 29 heavy (non-hydrogen) atoms. The van der Waals surface area contributed by atoms with Crippen molar-refractivity contribution in [3.63, 3.8) is 0 Å². The summed E-state index contributed by atoms with van der Waals surface area (Å²) in [5, 5.41) is 3.15. The van der Waals surface area contributed by atoms with Crippen molar-refractivity contribution in [3.8, 4) is 5.75 Å². The van der Waals surface area contributed by atoms with Crippen LogP contribution in [-0.2, 0) is 0 Å². The van der Waals surface area contributed by atoms with Gasteiger partial charge >= 0.3 is 0 Å². The van der Waals surface area contributed by atoms with Crippen LogP contribution in [0.4, 0.5) is 5.95 Å². The van der Waals surface area contributed by atoms with Crippen LogP contribution in [0.15, 0.2) is 36.7 Å². The van der Waals surface area contributed by atoms with E-state index in [-0.39, 0.29) is 11.9 Å². The van der Waals surface area contributed by atoms with Crippen molar-refractivity contribution >= 4 is 11.9 Å². The Kier molecular flexibility index (Phi) is 5.41. The number of hydrogen-bond donors (Lipinski definition) is 1. The Bertz CT molecular complexity index is 853. The molecule has 2 aliphatic heterocycles. The number of fused-ring (bicyclic) bond motifs is 1. The second kappa shape index (κ2) is 7.99. The number of carbonyl (C=O) groups is 1. The lowest BCUT2D eigenvalue weighted by atomic mass is 9.89. The fourth-order valence-corrected chi connectivity index (χ4v) is 4.68. The van der Waals surface area contributed by atoms with E-state index in [1.165, 1.54) is 5.56 Å². The fourth-order valence-electron chi connectivity index (χ4n) is 4.68. The van der Waals surface area contributed by atoms with Crippen molar-refractivity contribution in [1.29, 1.82) is 0 Å². The second-order valence-electron chi connectivity index (χ2n) is 8.39. The number of anilines is 1. The number of rotatable bonds is 5. The number of likely N-dealkylation sites (tertiary alicyclic amines) is 2. The van der Waals surface area contributed by atoms with Crippen molar-refractivity contribution in [2.24, 2.45) is 11.8 Å². The fraction of sp³-hybridized carbons (Fsp3) is 0.500. The highest BCUT2D eigenvalue weighted by atomic mass is 16.5. The normalized spacial score (nSPS) is 24.0. The predicted molar refractivity (Wildman–Crippen MR) is 112 cm³/mol. The van der Waals surface area contributed by atoms with E-state index in [1.54, 1.807) is 19.5 Å². The Morgan fingerprint density at radius 2 is 1.83 bits per heavy atom. The molecule has 7 nitrogen and oxygen atoms in total. The monoisotopic (exact) mass is 395 g/mol. The quantitative estimate of drug-likeness (QED) is 0.839. The number of carbonyl (C=O) groups excluding carboxylic acids is 1. The zero-order valence-electron chi connectivity index (χ0n) is 17.5. The summed E-state index contributed by atoms with van der Waals surface area (Å²) in [7, 11) is 3.86. The summed E-state index contributed by atoms with van der Waals surface area (Å²) in [4.78, 5) is 26.0. The SMILES string of the molecule is COc1ccc([C@@H]2[C@@H]3CN(C(=O)c4cnc(NC(C)C)nc4)C[C@@H]3CN2C)cc1. The molecule has 0 spiro atoms. The summed E-state index contributed by atoms with van der Waals surface area (Å²) in [6.45, 7) is 6.60. The maximum Gasteiger partial charge on any atom is 0.257 e. The molecule has 7 heteroatoms. The molecule has 0 bridgehead atoms. The van der Waals surface area contributed by atoms with E-state index in [0.717, 1.165) is 25.4 Å². The van der Waals surface area contributed by atoms with Gasteiger partial charge in [0.15, 0.2) is 0 Å². The standard InChI is InChI=1S/C22H29N5O2/c1-14(2)25-22-23-9-16(10-24-22)21(28)27-12-17-11-26(3)20(19(17)13-27)15-5-7-18(29-4)8-6-15/h5-10,14,17,19-20H,11-13H2,1-4H3,(H,23,24,25)/t17-,19+,20+/m0/s1. The third-order valence-corrected chi connectivity index (χ3v) is 5.96. The highest BCUT2D eigenvalue weighted by Crippen LogP contribution is 2.44. The van der Waals surface area contributed by atoms with Crippen molar-refractivity contribution in [2.75, 3.05) is 39.1 Å². The van der Waals surface area contributed by atoms with Gasteiger partial charge in [0.1, 0.15) is 5.75 Å². The summed E-state index contributed by atoms with van der Waals surface area (Å²) >= 11 is 0. The smallest absolute Gasteiger partial charge is 0.257 e. The Labute approximate surface area is 172 Å². The molecule has 0 saturated carbocycles. The molecule has 0 aliphatic carbocycles. The molecule has 1 amide bonds. The number of nitrogens with zero attached hydrogens (tertiary/aromatic N) is 4. The maximum atomic E-state index is 13.0. The third-order valence-electron chi connectivity index (χ3n) is 5.96. The second-order valence-corrected chi connectivity index (χ2v) is 8.39. The first kappa shape index (κ1) is 19.6. The van der Waals surface area contributed by atoms with Crippen molar-refractivity contribution in [1.82, 2.24) is 19.8 Å². The molecular weight excluding hydrogens is 366 g/mol. The molecule has 3 heterocycles. The van der Waals surface area contributed by atoms with E-state index in [0.29, 0.717) is 29.4 Å². The Morgan fingerprint density at radius 3 is 2.45 bits per heavy atom. The number of ether oxygens (including phenoxy) is 1. The molecule has 0 unspecified atom stereocenters. The average Bonchev–Trinajstić information content (AvgIpc) is 3.24. The minimum Gasteiger partial charge on any atom is -0.497 e. The molecule has 154 valence electrons. The van der Waals surface area contributed by atoms with E-state index < -0.39 is 0 Å². The van der Waals surface area contributed by atoms with Gasteiger partial charge in [-0.2, -0.15) is 0 Å². The molecule has 1 aromatic carbocycles. The van der Waals surface area contributed by atoms with Gasteiger partial charge in [0.2, 0.25) is 5.95 Å². The number of benzene rings is 1. The topological polar surface area (TPSA) is 70.6 Å². The van der Waals surface area contributed by atoms with Crippen LogP contribution in [0.1, 0.15) is 35.8 Å². The van der Waals surface area contributed by atoms with Crippen LogP contribution >= 0.6 is 0 Å². The summed E-state index contributed by atoms with van der Waals surface area (Å²) in [5.74, 6) is 2.35. The van der Waals surface area contributed by atoms with Gasteiger partial charge in [-0.05, 0) is 44.5 Å². The minimum atomic E-state index is 0.0200. The van der Waals surface area contributed by atoms with Crippen LogP contribution in [0.25, 0.3) is 0 Å². The Balaban J connectivity index is 1.46. The van der Waals surface area contributed by atoms with E-state index in [4.69, 9.17) is 4.74 Å². The first-order chi connectivity index (χ1) is 14.0. The molecule has 2 fully saturated rings. The van der Waals surface area contributed by atoms with Gasteiger partial charge in [-0.15, -0.1) is 0 Å². The average molecular weight is 396 g/mol. The van der Waals surface area contributed by atoms with Crippen LogP contribution in [0, 0.1) is 11.8 Å². The number of hydrogen-bond acceptors (Lipinski definition) is 6. The summed E-state index contributed by atoms with van der Waals surface area (Å²) < 4.78 is 5.29. The zero-order chi connectivity index (χ0) is 20.5. The van der Waals surface area contributed by atoms with Crippen LogP contribution < -0.4 is 10.1 Å². The number of aromatic nitrogens is 2. The van der Waals surface area contributed by atoms with Gasteiger partial charge < -0.3 is 15.0 Å². The molecule has 0 radical (unpaired) electrons. The minimum absolute atomic E-state index is 0.0200. The molecule has 2 aliphatic rings. The van der Waals surface area contributed by atoms with Crippen LogP contribution in [0.2, 0.25) is 0 Å².